The molecule has 6 aromatic heterocycles. The Balaban J connectivity index is 0.000000138. The molecule has 52 heavy (non-hydrogen) atoms. The Labute approximate surface area is 290 Å². The van der Waals surface area contributed by atoms with Crippen molar-refractivity contribution in [3.05, 3.63) is 94.0 Å². The highest BCUT2D eigenvalue weighted by atomic mass is 19.1. The van der Waals surface area contributed by atoms with Gasteiger partial charge in [-0.2, -0.15) is 9.97 Å². The van der Waals surface area contributed by atoms with Crippen LogP contribution in [-0.2, 0) is 9.47 Å². The molecule has 2 N–H and O–H groups in total. The summed E-state index contributed by atoms with van der Waals surface area (Å²) in [7, 11) is 0. The number of hydrogen-bond acceptors (Lipinski definition) is 10. The molecule has 2 fully saturated rings. The van der Waals surface area contributed by atoms with Crippen LogP contribution in [0.5, 0.6) is 0 Å². The van der Waals surface area contributed by atoms with Crippen molar-refractivity contribution in [1.82, 2.24) is 58.1 Å². The van der Waals surface area contributed by atoms with Gasteiger partial charge in [0.25, 0.3) is 0 Å². The Morgan fingerprint density at radius 3 is 1.69 bits per heavy atom. The smallest absolute Gasteiger partial charge is 0.327 e. The van der Waals surface area contributed by atoms with Gasteiger partial charge in [0.05, 0.1) is 34.5 Å². The summed E-state index contributed by atoms with van der Waals surface area (Å²) < 4.78 is 44.4. The minimum atomic E-state index is -0.360. The van der Waals surface area contributed by atoms with Crippen LogP contribution in [-0.4, -0.2) is 84.6 Å². The number of ether oxygens (including phenoxy) is 2. The van der Waals surface area contributed by atoms with Crippen LogP contribution < -0.4 is 11.4 Å². The molecule has 10 rings (SSSR count). The van der Waals surface area contributed by atoms with E-state index in [0.29, 0.717) is 82.7 Å². The monoisotopic (exact) mass is 708 g/mol. The molecule has 0 saturated carbocycles. The average molecular weight is 709 g/mol. The van der Waals surface area contributed by atoms with Gasteiger partial charge in [-0.3, -0.25) is 18.3 Å². The van der Waals surface area contributed by atoms with E-state index in [-0.39, 0.29) is 35.1 Å². The van der Waals surface area contributed by atoms with E-state index in [1.54, 1.807) is 55.4 Å². The second-order valence-electron chi connectivity index (χ2n) is 12.6. The van der Waals surface area contributed by atoms with E-state index in [1.807, 2.05) is 0 Å². The van der Waals surface area contributed by atoms with Crippen LogP contribution in [0.4, 0.5) is 8.78 Å². The van der Waals surface area contributed by atoms with Crippen LogP contribution in [0.3, 0.4) is 0 Å². The van der Waals surface area contributed by atoms with E-state index in [9.17, 15) is 18.4 Å². The largest absolute Gasteiger partial charge is 0.381 e. The highest BCUT2D eigenvalue weighted by molar-refractivity contribution is 5.78. The van der Waals surface area contributed by atoms with Crippen molar-refractivity contribution in [3.63, 3.8) is 0 Å². The molecule has 2 saturated heterocycles. The summed E-state index contributed by atoms with van der Waals surface area (Å²) in [4.78, 5) is 56.7. The van der Waals surface area contributed by atoms with Crippen LogP contribution in [0.25, 0.3) is 56.3 Å². The predicted octanol–water partition coefficient (Wildman–Crippen LogP) is 3.90. The zero-order valence-corrected chi connectivity index (χ0v) is 27.4. The van der Waals surface area contributed by atoms with Crippen LogP contribution in [0.1, 0.15) is 37.8 Å². The van der Waals surface area contributed by atoms with Crippen LogP contribution in [0, 0.1) is 11.6 Å². The first kappa shape index (κ1) is 31.8. The Morgan fingerprint density at radius 1 is 0.615 bits per heavy atom. The predicted molar refractivity (Wildman–Crippen MR) is 184 cm³/mol. The molecule has 264 valence electrons. The first-order chi connectivity index (χ1) is 25.4. The first-order valence-corrected chi connectivity index (χ1v) is 16.8. The lowest BCUT2D eigenvalue weighted by atomic mass is 10.1. The standard InChI is InChI=1S/2C17H15FN6O2/c18-10-1-2-14-12(7-10)20-9-23(14)16-19-8-13-15(22-16)24(17(25)21-13)11-3-5-26-6-4-11;18-10-1-2-12-14(7-10)23(9-20-12)16-19-8-13-15(22-16)24(17(25)21-13)11-3-5-26-6-4-11/h2*1-2,7-9,11H,3-6H2,(H,21,25). The summed E-state index contributed by atoms with van der Waals surface area (Å²) in [6.07, 6.45) is 9.30. The Bertz CT molecular complexity index is 2710. The first-order valence-electron chi connectivity index (χ1n) is 16.8. The topological polar surface area (TPSA) is 181 Å². The molecule has 18 heteroatoms. The number of nitrogens with zero attached hydrogens (tertiary/aromatic N) is 10. The SMILES string of the molecule is O=c1[nH]c2cnc(-n3cnc4cc(F)ccc43)nc2n1C1CCOCC1.O=c1[nH]c2cnc(-n3cnc4ccc(F)cc43)nc2n1C1CCOCC1. The minimum absolute atomic E-state index is 0.0322. The molecule has 0 aliphatic carbocycles. The molecule has 0 unspecified atom stereocenters. The zero-order chi connectivity index (χ0) is 35.3. The summed E-state index contributed by atoms with van der Waals surface area (Å²) in [5.41, 5.74) is 4.26. The molecular weight excluding hydrogens is 678 g/mol. The number of hydrogen-bond donors (Lipinski definition) is 2. The Kier molecular flexibility index (Phi) is 7.88. The van der Waals surface area contributed by atoms with E-state index in [4.69, 9.17) is 9.47 Å². The molecule has 8 aromatic rings. The van der Waals surface area contributed by atoms with Gasteiger partial charge in [0, 0.05) is 50.6 Å². The van der Waals surface area contributed by atoms with Crippen LogP contribution in [0.15, 0.2) is 71.0 Å². The van der Waals surface area contributed by atoms with Gasteiger partial charge in [0.1, 0.15) is 35.3 Å². The number of H-pyrrole nitrogens is 2. The van der Waals surface area contributed by atoms with E-state index in [1.165, 1.54) is 24.3 Å². The molecule has 0 radical (unpaired) electrons. The molecule has 0 amide bonds. The highest BCUT2D eigenvalue weighted by Crippen LogP contribution is 2.25. The molecule has 0 spiro atoms. The quantitative estimate of drug-likeness (QED) is 0.272. The van der Waals surface area contributed by atoms with Crippen molar-refractivity contribution in [1.29, 1.82) is 0 Å². The molecule has 8 heterocycles. The number of imidazole rings is 4. The summed E-state index contributed by atoms with van der Waals surface area (Å²) in [5.74, 6) is 0.0102. The summed E-state index contributed by atoms with van der Waals surface area (Å²) >= 11 is 0. The third kappa shape index (κ3) is 5.61. The molecular formula is C34H30F2N12O4. The minimum Gasteiger partial charge on any atom is -0.381 e. The number of rotatable bonds is 4. The lowest BCUT2D eigenvalue weighted by Gasteiger charge is -2.22. The van der Waals surface area contributed by atoms with Crippen molar-refractivity contribution in [2.45, 2.75) is 37.8 Å². The van der Waals surface area contributed by atoms with Gasteiger partial charge in [-0.15, -0.1) is 0 Å². The number of aromatic nitrogens is 12. The van der Waals surface area contributed by atoms with Gasteiger partial charge >= 0.3 is 11.4 Å². The molecule has 2 aliphatic heterocycles. The molecule has 0 atom stereocenters. The maximum Gasteiger partial charge on any atom is 0.327 e. The van der Waals surface area contributed by atoms with Gasteiger partial charge in [0.2, 0.25) is 11.9 Å². The Hall–Kier alpha value is -6.14. The maximum atomic E-state index is 13.6. The Morgan fingerprint density at radius 2 is 1.12 bits per heavy atom. The highest BCUT2D eigenvalue weighted by Gasteiger charge is 2.23. The normalized spacial score (nSPS) is 15.9. The number of nitrogens with one attached hydrogen (secondary N) is 2. The molecule has 0 bridgehead atoms. The third-order valence-corrected chi connectivity index (χ3v) is 9.45. The van der Waals surface area contributed by atoms with Crippen molar-refractivity contribution < 1.29 is 18.3 Å². The van der Waals surface area contributed by atoms with Gasteiger partial charge < -0.3 is 19.4 Å². The number of benzene rings is 2. The van der Waals surface area contributed by atoms with E-state index in [2.05, 4.69) is 39.9 Å². The summed E-state index contributed by atoms with van der Waals surface area (Å²) in [6.45, 7) is 2.49. The van der Waals surface area contributed by atoms with Crippen LogP contribution >= 0.6 is 0 Å². The zero-order valence-electron chi connectivity index (χ0n) is 27.4. The van der Waals surface area contributed by atoms with Gasteiger partial charge in [-0.25, -0.2) is 38.3 Å². The van der Waals surface area contributed by atoms with Crippen molar-refractivity contribution in [2.24, 2.45) is 0 Å². The second-order valence-corrected chi connectivity index (χ2v) is 12.6. The van der Waals surface area contributed by atoms with E-state index >= 15 is 0 Å². The van der Waals surface area contributed by atoms with Gasteiger partial charge in [-0.05, 0) is 49.9 Å². The second kappa shape index (κ2) is 12.9. The van der Waals surface area contributed by atoms with E-state index < -0.39 is 0 Å². The van der Waals surface area contributed by atoms with E-state index in [0.717, 1.165) is 25.7 Å². The average Bonchev–Trinajstić information content (AvgIpc) is 3.93. The van der Waals surface area contributed by atoms with Crippen LogP contribution in [0.2, 0.25) is 0 Å². The number of halogens is 2. The van der Waals surface area contributed by atoms with Crippen molar-refractivity contribution in [2.75, 3.05) is 26.4 Å². The maximum absolute atomic E-state index is 13.6. The molecule has 16 nitrogen and oxygen atoms in total. The number of aromatic amines is 2. The summed E-state index contributed by atoms with van der Waals surface area (Å²) in [5, 5.41) is 0. The lowest BCUT2D eigenvalue weighted by Crippen LogP contribution is -2.27. The fourth-order valence-corrected chi connectivity index (χ4v) is 6.90. The summed E-state index contributed by atoms with van der Waals surface area (Å²) in [6, 6.07) is 8.79. The fourth-order valence-electron chi connectivity index (χ4n) is 6.90. The van der Waals surface area contributed by atoms with Crippen molar-refractivity contribution in [3.8, 4) is 11.9 Å². The van der Waals surface area contributed by atoms with Gasteiger partial charge in [-0.1, -0.05) is 0 Å². The van der Waals surface area contributed by atoms with Gasteiger partial charge in [0.15, 0.2) is 11.3 Å². The van der Waals surface area contributed by atoms with Crippen molar-refractivity contribution >= 4 is 44.4 Å². The molecule has 2 aliphatic rings. The number of fused-ring (bicyclic) bond motifs is 4. The third-order valence-electron chi connectivity index (χ3n) is 9.45. The molecule has 2 aromatic carbocycles. The fraction of sp³-hybridized carbons (Fsp3) is 0.294. The lowest BCUT2D eigenvalue weighted by molar-refractivity contribution is 0.0695.